The van der Waals surface area contributed by atoms with Gasteiger partial charge >= 0.3 is 0 Å². The van der Waals surface area contributed by atoms with Gasteiger partial charge in [0.1, 0.15) is 0 Å². The maximum absolute atomic E-state index is 2.19. The number of benzene rings is 3. The second-order valence-electron chi connectivity index (χ2n) is 5.82. The Balaban J connectivity index is 0.000000110. The lowest BCUT2D eigenvalue weighted by atomic mass is 10.2. The third-order valence-electron chi connectivity index (χ3n) is 4.02. The fraction of sp³-hybridized carbons (Fsp3) is 0. The summed E-state index contributed by atoms with van der Waals surface area (Å²) >= 11 is 5.47. The molecule has 0 aliphatic rings. The Labute approximate surface area is 171 Å². The minimum Gasteiger partial charge on any atom is -0.143 e. The van der Waals surface area contributed by atoms with E-state index < -0.39 is 0 Å². The molecule has 3 aromatic heterocycles. The molecular weight excluding hydrogens is 384 g/mol. The number of thiophene rings is 3. The Hall–Kier alpha value is -2.46. The van der Waals surface area contributed by atoms with Crippen LogP contribution in [0.2, 0.25) is 0 Å². The van der Waals surface area contributed by atoms with Crippen molar-refractivity contribution in [3.8, 4) is 0 Å². The first-order chi connectivity index (χ1) is 13.4. The Morgan fingerprint density at radius 3 is 1.22 bits per heavy atom. The molecule has 3 heteroatoms. The van der Waals surface area contributed by atoms with Crippen LogP contribution in [0, 0.1) is 0 Å². The van der Waals surface area contributed by atoms with Crippen LogP contribution in [0.3, 0.4) is 0 Å². The summed E-state index contributed by atoms with van der Waals surface area (Å²) in [6.07, 6.45) is 0. The Morgan fingerprint density at radius 1 is 0.370 bits per heavy atom. The molecule has 3 aromatic carbocycles. The molecular formula is C24H18S3. The predicted molar refractivity (Wildman–Crippen MR) is 125 cm³/mol. The lowest BCUT2D eigenvalue weighted by Gasteiger charge is -1.88. The second kappa shape index (κ2) is 8.96. The molecule has 132 valence electrons. The van der Waals surface area contributed by atoms with Gasteiger partial charge in [-0.1, -0.05) is 72.8 Å². The van der Waals surface area contributed by atoms with E-state index >= 15 is 0 Å². The first-order valence-electron chi connectivity index (χ1n) is 8.69. The maximum Gasteiger partial charge on any atom is 0.0450 e. The van der Waals surface area contributed by atoms with Crippen LogP contribution in [0.15, 0.2) is 108 Å². The molecule has 0 aliphatic heterocycles. The fourth-order valence-electron chi connectivity index (χ4n) is 2.76. The summed E-state index contributed by atoms with van der Waals surface area (Å²) in [5, 5.41) is 7.01. The van der Waals surface area contributed by atoms with Crippen molar-refractivity contribution in [1.29, 1.82) is 0 Å². The van der Waals surface area contributed by atoms with Gasteiger partial charge in [0, 0.05) is 29.6 Å². The monoisotopic (exact) mass is 402 g/mol. The maximum atomic E-state index is 2.19. The van der Waals surface area contributed by atoms with Crippen molar-refractivity contribution in [3.63, 3.8) is 0 Å². The molecule has 0 amide bonds. The molecule has 6 aromatic rings. The van der Waals surface area contributed by atoms with Gasteiger partial charge < -0.3 is 0 Å². The van der Waals surface area contributed by atoms with Crippen LogP contribution in [0.25, 0.3) is 29.6 Å². The molecule has 0 atom stereocenters. The molecule has 0 saturated carbocycles. The van der Waals surface area contributed by atoms with Crippen LogP contribution in [-0.4, -0.2) is 0 Å². The van der Waals surface area contributed by atoms with Crippen LogP contribution in [0.1, 0.15) is 0 Å². The third-order valence-corrected chi connectivity index (χ3v) is 7.07. The molecule has 0 radical (unpaired) electrons. The zero-order chi connectivity index (χ0) is 18.3. The van der Waals surface area contributed by atoms with Crippen molar-refractivity contribution in [2.75, 3.05) is 0 Å². The van der Waals surface area contributed by atoms with Crippen molar-refractivity contribution >= 4 is 63.6 Å². The number of hydrogen-bond acceptors (Lipinski definition) is 3. The van der Waals surface area contributed by atoms with Gasteiger partial charge in [0.25, 0.3) is 0 Å². The van der Waals surface area contributed by atoms with E-state index in [2.05, 4.69) is 71.4 Å². The van der Waals surface area contributed by atoms with Crippen molar-refractivity contribution in [1.82, 2.24) is 0 Å². The van der Waals surface area contributed by atoms with Gasteiger partial charge in [0.05, 0.1) is 0 Å². The average molecular weight is 403 g/mol. The summed E-state index contributed by atoms with van der Waals surface area (Å²) < 4.78 is 5.58. The minimum atomic E-state index is 1.38. The average Bonchev–Trinajstić information content (AvgIpc) is 3.45. The van der Waals surface area contributed by atoms with E-state index in [-0.39, 0.29) is 0 Å². The van der Waals surface area contributed by atoms with E-state index in [9.17, 15) is 0 Å². The molecule has 0 nitrogen and oxygen atoms in total. The first kappa shape index (κ1) is 17.9. The summed E-state index contributed by atoms with van der Waals surface area (Å²) in [6.45, 7) is 0. The Bertz CT molecular complexity index is 1100. The zero-order valence-electron chi connectivity index (χ0n) is 14.6. The van der Waals surface area contributed by atoms with E-state index in [1.54, 1.807) is 22.7 Å². The minimum absolute atomic E-state index is 1.38. The van der Waals surface area contributed by atoms with E-state index in [1.807, 2.05) is 47.7 Å². The summed E-state index contributed by atoms with van der Waals surface area (Å²) in [5.41, 5.74) is 0. The van der Waals surface area contributed by atoms with Gasteiger partial charge in [-0.2, -0.15) is 0 Å². The summed E-state index contributed by atoms with van der Waals surface area (Å²) in [6, 6.07) is 33.4. The van der Waals surface area contributed by atoms with E-state index in [1.165, 1.54) is 29.6 Å². The first-order valence-corrected chi connectivity index (χ1v) is 11.3. The van der Waals surface area contributed by atoms with E-state index in [0.29, 0.717) is 0 Å². The Morgan fingerprint density at radius 2 is 0.778 bits per heavy atom. The number of rotatable bonds is 0. The molecule has 0 bridgehead atoms. The predicted octanol–water partition coefficient (Wildman–Crippen LogP) is 8.70. The van der Waals surface area contributed by atoms with Gasteiger partial charge in [0.15, 0.2) is 0 Å². The molecule has 0 N–H and O–H groups in total. The van der Waals surface area contributed by atoms with Crippen LogP contribution in [-0.2, 0) is 0 Å². The number of hydrogen-bond donors (Lipinski definition) is 0. The summed E-state index contributed by atoms with van der Waals surface area (Å²) in [4.78, 5) is 0. The molecule has 0 spiro atoms. The smallest absolute Gasteiger partial charge is 0.0450 e. The third kappa shape index (κ3) is 4.45. The normalized spacial score (nSPS) is 10.2. The van der Waals surface area contributed by atoms with Crippen molar-refractivity contribution in [2.45, 2.75) is 0 Å². The SMILES string of the molecule is c1cc2sccc2s1.c1ccc2c(c1)sc1ccccc12.c1ccccc1. The largest absolute Gasteiger partial charge is 0.143 e. The molecule has 0 fully saturated rings. The van der Waals surface area contributed by atoms with Gasteiger partial charge in [0.2, 0.25) is 0 Å². The second-order valence-corrected chi connectivity index (χ2v) is 8.80. The zero-order valence-corrected chi connectivity index (χ0v) is 17.1. The quantitative estimate of drug-likeness (QED) is 0.238. The molecule has 0 unspecified atom stereocenters. The van der Waals surface area contributed by atoms with Gasteiger partial charge in [-0.15, -0.1) is 34.0 Å². The number of fused-ring (bicyclic) bond motifs is 4. The van der Waals surface area contributed by atoms with Crippen LogP contribution in [0.5, 0.6) is 0 Å². The molecule has 3 heterocycles. The highest BCUT2D eigenvalue weighted by Gasteiger charge is 2.01. The molecule has 0 aliphatic carbocycles. The standard InChI is InChI=1S/C12H8S.C6H4S2.C6H6/c1-3-7-11-9(5-1)10-6-2-4-8-12(10)13-11;1-3-7-6-2-4-8-5(1)6;1-2-4-6-5-3-1/h1-8H;1-4H;1-6H. The highest BCUT2D eigenvalue weighted by molar-refractivity contribution is 7.26. The van der Waals surface area contributed by atoms with Gasteiger partial charge in [-0.3, -0.25) is 0 Å². The lowest BCUT2D eigenvalue weighted by Crippen LogP contribution is -1.62. The van der Waals surface area contributed by atoms with Crippen LogP contribution in [0.4, 0.5) is 0 Å². The Kier molecular flexibility index (Phi) is 5.95. The van der Waals surface area contributed by atoms with Crippen LogP contribution < -0.4 is 0 Å². The summed E-state index contributed by atoms with van der Waals surface area (Å²) in [5.74, 6) is 0. The topological polar surface area (TPSA) is 0 Å². The lowest BCUT2D eigenvalue weighted by molar-refractivity contribution is 1.72. The van der Waals surface area contributed by atoms with Gasteiger partial charge in [-0.25, -0.2) is 0 Å². The van der Waals surface area contributed by atoms with E-state index in [4.69, 9.17) is 0 Å². The molecule has 0 saturated heterocycles. The highest BCUT2D eigenvalue weighted by atomic mass is 32.1. The van der Waals surface area contributed by atoms with Crippen molar-refractivity contribution in [2.24, 2.45) is 0 Å². The highest BCUT2D eigenvalue weighted by Crippen LogP contribution is 2.32. The van der Waals surface area contributed by atoms with Crippen molar-refractivity contribution < 1.29 is 0 Å². The van der Waals surface area contributed by atoms with Gasteiger partial charge in [-0.05, 0) is 35.0 Å². The fourth-order valence-corrected chi connectivity index (χ4v) is 5.69. The molecule has 6 rings (SSSR count). The summed E-state index contributed by atoms with van der Waals surface area (Å²) in [7, 11) is 0. The van der Waals surface area contributed by atoms with Crippen LogP contribution >= 0.6 is 34.0 Å². The molecule has 27 heavy (non-hydrogen) atoms. The van der Waals surface area contributed by atoms with Crippen molar-refractivity contribution in [3.05, 3.63) is 108 Å². The van der Waals surface area contributed by atoms with E-state index in [0.717, 1.165) is 0 Å².